The van der Waals surface area contributed by atoms with Gasteiger partial charge in [-0.1, -0.05) is 41.9 Å². The van der Waals surface area contributed by atoms with E-state index in [0.717, 1.165) is 16.9 Å². The van der Waals surface area contributed by atoms with Crippen molar-refractivity contribution in [2.24, 2.45) is 0 Å². The van der Waals surface area contributed by atoms with Crippen molar-refractivity contribution in [1.82, 2.24) is 10.6 Å². The van der Waals surface area contributed by atoms with Crippen LogP contribution in [-0.4, -0.2) is 25.5 Å². The van der Waals surface area contributed by atoms with Crippen molar-refractivity contribution in [2.75, 3.05) is 13.7 Å². The zero-order valence-corrected chi connectivity index (χ0v) is 14.1. The summed E-state index contributed by atoms with van der Waals surface area (Å²) in [5.74, 6) is -0.581. The van der Waals surface area contributed by atoms with Gasteiger partial charge in [0.1, 0.15) is 5.75 Å². The fourth-order valence-corrected chi connectivity index (χ4v) is 2.33. The van der Waals surface area contributed by atoms with Crippen LogP contribution in [-0.2, 0) is 22.6 Å². The number of benzene rings is 2. The van der Waals surface area contributed by atoms with E-state index in [-0.39, 0.29) is 6.54 Å². The van der Waals surface area contributed by atoms with Gasteiger partial charge in [-0.15, -0.1) is 0 Å². The van der Waals surface area contributed by atoms with E-state index in [2.05, 4.69) is 10.6 Å². The lowest BCUT2D eigenvalue weighted by Crippen LogP contribution is -2.40. The fraction of sp³-hybridized carbons (Fsp3) is 0.222. The zero-order valence-electron chi connectivity index (χ0n) is 13.3. The van der Waals surface area contributed by atoms with Crippen molar-refractivity contribution in [2.45, 2.75) is 13.0 Å². The molecule has 2 aromatic rings. The number of hydrogen-bond donors (Lipinski definition) is 2. The maximum Gasteiger partial charge on any atom is 0.309 e. The molecule has 0 bridgehead atoms. The van der Waals surface area contributed by atoms with E-state index < -0.39 is 11.8 Å². The van der Waals surface area contributed by atoms with Gasteiger partial charge in [-0.3, -0.25) is 9.59 Å². The Kier molecular flexibility index (Phi) is 6.63. The van der Waals surface area contributed by atoms with Gasteiger partial charge in [-0.05, 0) is 35.7 Å². The van der Waals surface area contributed by atoms with Gasteiger partial charge in [0.2, 0.25) is 0 Å². The van der Waals surface area contributed by atoms with Crippen molar-refractivity contribution in [1.29, 1.82) is 0 Å². The van der Waals surface area contributed by atoms with Crippen LogP contribution in [0.25, 0.3) is 0 Å². The predicted octanol–water partition coefficient (Wildman–Crippen LogP) is 2.32. The molecule has 0 saturated carbocycles. The Bertz CT molecular complexity index is 702. The molecule has 24 heavy (non-hydrogen) atoms. The van der Waals surface area contributed by atoms with Gasteiger partial charge in [0.05, 0.1) is 7.11 Å². The van der Waals surface area contributed by atoms with Crippen LogP contribution in [0.5, 0.6) is 5.75 Å². The molecule has 126 valence electrons. The van der Waals surface area contributed by atoms with Crippen molar-refractivity contribution in [3.8, 4) is 5.75 Å². The largest absolute Gasteiger partial charge is 0.497 e. The highest BCUT2D eigenvalue weighted by atomic mass is 35.5. The Morgan fingerprint density at radius 3 is 2.33 bits per heavy atom. The normalized spacial score (nSPS) is 10.1. The molecule has 2 N–H and O–H groups in total. The number of carbonyl (C=O) groups is 2. The molecular weight excluding hydrogens is 328 g/mol. The van der Waals surface area contributed by atoms with E-state index in [1.54, 1.807) is 25.3 Å². The average Bonchev–Trinajstić information content (AvgIpc) is 2.61. The van der Waals surface area contributed by atoms with Gasteiger partial charge in [0.25, 0.3) is 0 Å². The summed E-state index contributed by atoms with van der Waals surface area (Å²) in [5, 5.41) is 5.81. The molecule has 0 aliphatic heterocycles. The van der Waals surface area contributed by atoms with Gasteiger partial charge >= 0.3 is 11.8 Å². The molecule has 0 fully saturated rings. The summed E-state index contributed by atoms with van der Waals surface area (Å²) in [6, 6.07) is 14.7. The van der Waals surface area contributed by atoms with Crippen molar-refractivity contribution in [3.05, 3.63) is 64.7 Å². The summed E-state index contributed by atoms with van der Waals surface area (Å²) in [7, 11) is 1.59. The van der Waals surface area contributed by atoms with Crippen LogP contribution >= 0.6 is 11.6 Å². The van der Waals surface area contributed by atoms with Crippen molar-refractivity contribution >= 4 is 23.4 Å². The topological polar surface area (TPSA) is 67.4 Å². The predicted molar refractivity (Wildman–Crippen MR) is 93.0 cm³/mol. The molecule has 0 atom stereocenters. The highest BCUT2D eigenvalue weighted by Gasteiger charge is 2.12. The lowest BCUT2D eigenvalue weighted by atomic mass is 10.1. The molecule has 2 amide bonds. The van der Waals surface area contributed by atoms with Crippen LogP contribution in [0.15, 0.2) is 48.5 Å². The van der Waals surface area contributed by atoms with Crippen LogP contribution in [0.2, 0.25) is 5.02 Å². The molecule has 0 radical (unpaired) electrons. The van der Waals surface area contributed by atoms with Crippen LogP contribution in [0, 0.1) is 0 Å². The second-order valence-electron chi connectivity index (χ2n) is 5.13. The van der Waals surface area contributed by atoms with E-state index in [1.165, 1.54) is 0 Å². The van der Waals surface area contributed by atoms with Gasteiger partial charge in [0.15, 0.2) is 0 Å². The highest BCUT2D eigenvalue weighted by Crippen LogP contribution is 2.14. The first kappa shape index (κ1) is 17.8. The zero-order chi connectivity index (χ0) is 17.4. The highest BCUT2D eigenvalue weighted by molar-refractivity contribution is 6.35. The number of ether oxygens (including phenoxy) is 1. The van der Waals surface area contributed by atoms with Gasteiger partial charge < -0.3 is 15.4 Å². The van der Waals surface area contributed by atoms with E-state index in [0.29, 0.717) is 18.0 Å². The molecule has 0 spiro atoms. The second-order valence-corrected chi connectivity index (χ2v) is 5.54. The summed E-state index contributed by atoms with van der Waals surface area (Å²) in [4.78, 5) is 23.5. The number of halogens is 1. The van der Waals surface area contributed by atoms with Crippen LogP contribution < -0.4 is 15.4 Å². The summed E-state index contributed by atoms with van der Waals surface area (Å²) in [6.45, 7) is 0.624. The summed E-state index contributed by atoms with van der Waals surface area (Å²) in [5.41, 5.74) is 1.81. The first-order chi connectivity index (χ1) is 11.6. The first-order valence-corrected chi connectivity index (χ1v) is 7.90. The lowest BCUT2D eigenvalue weighted by Gasteiger charge is -2.08. The second kappa shape index (κ2) is 8.93. The standard InChI is InChI=1S/C18H19ClN2O3/c1-24-15-8-6-13(7-9-15)12-21-18(23)17(22)20-11-10-14-4-2-3-5-16(14)19/h2-9H,10-12H2,1H3,(H,20,22)(H,21,23). The Hall–Kier alpha value is -2.53. The molecule has 0 unspecified atom stereocenters. The quantitative estimate of drug-likeness (QED) is 0.789. The molecule has 0 saturated heterocycles. The molecular formula is C18H19ClN2O3. The number of hydrogen-bond acceptors (Lipinski definition) is 3. The summed E-state index contributed by atoms with van der Waals surface area (Å²) >= 11 is 6.04. The Labute approximate surface area is 146 Å². The van der Waals surface area contributed by atoms with Crippen LogP contribution in [0.4, 0.5) is 0 Å². The Balaban J connectivity index is 1.73. The Morgan fingerprint density at radius 2 is 1.67 bits per heavy atom. The van der Waals surface area contributed by atoms with Crippen LogP contribution in [0.3, 0.4) is 0 Å². The molecule has 0 aromatic heterocycles. The third-order valence-electron chi connectivity index (χ3n) is 3.46. The summed E-state index contributed by atoms with van der Waals surface area (Å²) < 4.78 is 5.06. The van der Waals surface area contributed by atoms with E-state index in [1.807, 2.05) is 30.3 Å². The van der Waals surface area contributed by atoms with Crippen LogP contribution in [0.1, 0.15) is 11.1 Å². The molecule has 2 aromatic carbocycles. The molecule has 0 heterocycles. The van der Waals surface area contributed by atoms with Gasteiger partial charge in [-0.25, -0.2) is 0 Å². The number of rotatable bonds is 6. The molecule has 5 nitrogen and oxygen atoms in total. The maximum absolute atomic E-state index is 11.8. The van der Waals surface area contributed by atoms with Crippen molar-refractivity contribution in [3.63, 3.8) is 0 Å². The lowest BCUT2D eigenvalue weighted by molar-refractivity contribution is -0.139. The SMILES string of the molecule is COc1ccc(CNC(=O)C(=O)NCCc2ccccc2Cl)cc1. The Morgan fingerprint density at radius 1 is 1.00 bits per heavy atom. The monoisotopic (exact) mass is 346 g/mol. The van der Waals surface area contributed by atoms with Gasteiger partial charge in [0, 0.05) is 18.1 Å². The van der Waals surface area contributed by atoms with Gasteiger partial charge in [-0.2, -0.15) is 0 Å². The third-order valence-corrected chi connectivity index (χ3v) is 3.82. The van der Waals surface area contributed by atoms with E-state index in [9.17, 15) is 9.59 Å². The summed E-state index contributed by atoms with van der Waals surface area (Å²) in [6.07, 6.45) is 0.567. The van der Waals surface area contributed by atoms with Crippen molar-refractivity contribution < 1.29 is 14.3 Å². The minimum Gasteiger partial charge on any atom is -0.497 e. The smallest absolute Gasteiger partial charge is 0.309 e. The molecule has 6 heteroatoms. The van der Waals surface area contributed by atoms with E-state index in [4.69, 9.17) is 16.3 Å². The molecule has 2 rings (SSSR count). The first-order valence-electron chi connectivity index (χ1n) is 7.52. The minimum absolute atomic E-state index is 0.279. The molecule has 0 aliphatic rings. The third kappa shape index (κ3) is 5.28. The number of carbonyl (C=O) groups excluding carboxylic acids is 2. The minimum atomic E-state index is -0.662. The van der Waals surface area contributed by atoms with E-state index >= 15 is 0 Å². The fourth-order valence-electron chi connectivity index (χ4n) is 2.10. The molecule has 0 aliphatic carbocycles. The number of methoxy groups -OCH3 is 1. The number of amides is 2. The number of nitrogens with one attached hydrogen (secondary N) is 2. The average molecular weight is 347 g/mol. The maximum atomic E-state index is 11.8.